The van der Waals surface area contributed by atoms with Crippen molar-refractivity contribution in [1.82, 2.24) is 19.9 Å². The first-order valence-corrected chi connectivity index (χ1v) is 9.52. The number of carbonyl (C=O) groups is 3. The van der Waals surface area contributed by atoms with Crippen molar-refractivity contribution in [3.05, 3.63) is 11.1 Å². The summed E-state index contributed by atoms with van der Waals surface area (Å²) in [5.74, 6) is -2.45. The van der Waals surface area contributed by atoms with Gasteiger partial charge in [-0.25, -0.2) is 9.29 Å². The molecule has 1 aliphatic rings. The van der Waals surface area contributed by atoms with E-state index in [-0.39, 0.29) is 27.4 Å². The minimum Gasteiger partial charge on any atom is -0.398 e. The third-order valence-electron chi connectivity index (χ3n) is 3.43. The molecule has 2 atom stereocenters. The first-order valence-electron chi connectivity index (χ1n) is 7.24. The minimum atomic E-state index is -4.86. The number of aromatic nitrogens is 1. The summed E-state index contributed by atoms with van der Waals surface area (Å²) in [4.78, 5) is 44.1. The maximum absolute atomic E-state index is 12.5. The first kappa shape index (κ1) is 20.5. The Labute approximate surface area is 157 Å². The van der Waals surface area contributed by atoms with Crippen molar-refractivity contribution in [3.63, 3.8) is 0 Å². The number of nitrogen functional groups attached to an aromatic ring is 1. The molecule has 1 aromatic heterocycles. The van der Waals surface area contributed by atoms with Gasteiger partial charge in [0, 0.05) is 18.8 Å². The molecule has 13 nitrogen and oxygen atoms in total. The number of oxime groups is 1. The molecular formula is C12H16N6O7S2. The van der Waals surface area contributed by atoms with Gasteiger partial charge in [0.05, 0.1) is 6.04 Å². The summed E-state index contributed by atoms with van der Waals surface area (Å²) in [6.45, 7) is 0.869. The molecule has 15 heteroatoms. The lowest BCUT2D eigenvalue weighted by atomic mass is 9.98. The largest absolute Gasteiger partial charge is 0.398 e. The van der Waals surface area contributed by atoms with Crippen LogP contribution in [0.4, 0.5) is 5.13 Å². The minimum absolute atomic E-state index is 0.0914. The number of hydrogen-bond acceptors (Lipinski definition) is 10. The van der Waals surface area contributed by atoms with Gasteiger partial charge in [-0.1, -0.05) is 5.16 Å². The van der Waals surface area contributed by atoms with Crippen LogP contribution in [0.1, 0.15) is 12.6 Å². The van der Waals surface area contributed by atoms with Gasteiger partial charge in [0.2, 0.25) is 5.91 Å². The van der Waals surface area contributed by atoms with E-state index >= 15 is 0 Å². The van der Waals surface area contributed by atoms with Crippen molar-refractivity contribution < 1.29 is 32.2 Å². The van der Waals surface area contributed by atoms with Gasteiger partial charge in [-0.2, -0.15) is 8.42 Å². The van der Waals surface area contributed by atoms with Gasteiger partial charge in [-0.05, 0) is 0 Å². The number of thiazole rings is 1. The van der Waals surface area contributed by atoms with Crippen molar-refractivity contribution in [1.29, 1.82) is 0 Å². The van der Waals surface area contributed by atoms with Gasteiger partial charge in [0.15, 0.2) is 10.8 Å². The Hall–Kier alpha value is -2.78. The molecule has 0 aliphatic carbocycles. The topological polar surface area (TPSA) is 193 Å². The number of rotatable bonds is 7. The molecule has 27 heavy (non-hydrogen) atoms. The van der Waals surface area contributed by atoms with Crippen LogP contribution in [-0.4, -0.2) is 71.4 Å². The zero-order chi connectivity index (χ0) is 20.4. The molecular weight excluding hydrogens is 404 g/mol. The van der Waals surface area contributed by atoms with Crippen molar-refractivity contribution in [3.8, 4) is 0 Å². The van der Waals surface area contributed by atoms with E-state index < -0.39 is 40.1 Å². The zero-order valence-corrected chi connectivity index (χ0v) is 15.7. The fourth-order valence-corrected chi connectivity index (χ4v) is 3.74. The van der Waals surface area contributed by atoms with Crippen LogP contribution >= 0.6 is 11.3 Å². The highest BCUT2D eigenvalue weighted by Gasteiger charge is 2.54. The molecule has 0 bridgehead atoms. The Morgan fingerprint density at radius 2 is 2.19 bits per heavy atom. The van der Waals surface area contributed by atoms with Gasteiger partial charge in [0.1, 0.15) is 18.8 Å². The fourth-order valence-electron chi connectivity index (χ4n) is 2.31. The number of nitrogens with zero attached hydrogens (tertiary/aromatic N) is 3. The molecule has 0 aromatic carbocycles. The van der Waals surface area contributed by atoms with Gasteiger partial charge in [-0.15, -0.1) is 11.3 Å². The lowest BCUT2D eigenvalue weighted by Crippen LogP contribution is -2.74. The monoisotopic (exact) mass is 420 g/mol. The lowest BCUT2D eigenvalue weighted by Gasteiger charge is -2.44. The fraction of sp³-hybridized carbons (Fsp3) is 0.417. The van der Waals surface area contributed by atoms with Crippen molar-refractivity contribution in [2.24, 2.45) is 5.16 Å². The van der Waals surface area contributed by atoms with Gasteiger partial charge < -0.3 is 21.2 Å². The van der Waals surface area contributed by atoms with Crippen LogP contribution in [0.25, 0.3) is 0 Å². The van der Waals surface area contributed by atoms with Crippen LogP contribution in [0, 0.1) is 0 Å². The molecule has 5 N–H and O–H groups in total. The molecule has 148 valence electrons. The highest BCUT2D eigenvalue weighted by atomic mass is 32.2. The standard InChI is InChI=1S/C12H16N6O7S2/c1-5(19)14-3-7-9(11(21)18(7)27(22,23)24)16-10(20)8(17-25-2)6-4-26-12(13)15-6/h4,7,9H,3H2,1-2H3,(H2,13,15)(H,14,19)(H,16,20)(H,22,23,24)/b17-8-/t7-,9+/m0/s1. The summed E-state index contributed by atoms with van der Waals surface area (Å²) in [6, 6.07) is -2.55. The van der Waals surface area contributed by atoms with E-state index in [0.717, 1.165) is 11.3 Å². The molecule has 2 heterocycles. The quantitative estimate of drug-likeness (QED) is 0.162. The number of β-lactam (4-membered cyclic amide) rings is 1. The second-order valence-corrected chi connectivity index (χ2v) is 7.44. The summed E-state index contributed by atoms with van der Waals surface area (Å²) in [6.07, 6.45) is 0. The molecule has 3 amide bonds. The van der Waals surface area contributed by atoms with Crippen molar-refractivity contribution in [2.75, 3.05) is 19.4 Å². The molecule has 1 aromatic rings. The van der Waals surface area contributed by atoms with Crippen LogP contribution in [0.2, 0.25) is 0 Å². The van der Waals surface area contributed by atoms with E-state index in [1.54, 1.807) is 0 Å². The highest BCUT2D eigenvalue weighted by Crippen LogP contribution is 2.23. The second-order valence-electron chi connectivity index (χ2n) is 5.26. The Balaban J connectivity index is 2.22. The summed E-state index contributed by atoms with van der Waals surface area (Å²) in [7, 11) is -3.67. The lowest BCUT2D eigenvalue weighted by molar-refractivity contribution is -0.145. The smallest absolute Gasteiger partial charge is 0.362 e. The predicted octanol–water partition coefficient (Wildman–Crippen LogP) is -2.29. The maximum Gasteiger partial charge on any atom is 0.362 e. The van der Waals surface area contributed by atoms with Crippen LogP contribution in [0.3, 0.4) is 0 Å². The normalized spacial score (nSPS) is 20.0. The Morgan fingerprint density at radius 1 is 1.52 bits per heavy atom. The summed E-state index contributed by atoms with van der Waals surface area (Å²) in [5.41, 5.74) is 5.32. The first-order chi connectivity index (χ1) is 12.6. The van der Waals surface area contributed by atoms with Gasteiger partial charge in [-0.3, -0.25) is 18.9 Å². The van der Waals surface area contributed by atoms with E-state index in [9.17, 15) is 22.8 Å². The number of anilines is 1. The van der Waals surface area contributed by atoms with Gasteiger partial charge >= 0.3 is 10.3 Å². The Bertz CT molecular complexity index is 896. The van der Waals surface area contributed by atoms with Crippen molar-refractivity contribution >= 4 is 50.2 Å². The number of nitrogens with two attached hydrogens (primary N) is 1. The summed E-state index contributed by atoms with van der Waals surface area (Å²) < 4.78 is 32.0. The molecule has 0 saturated carbocycles. The average molecular weight is 420 g/mol. The summed E-state index contributed by atoms with van der Waals surface area (Å²) >= 11 is 1.05. The number of amides is 3. The van der Waals surface area contributed by atoms with E-state index in [4.69, 9.17) is 10.3 Å². The molecule has 1 aliphatic heterocycles. The third-order valence-corrected chi connectivity index (χ3v) is 5.05. The SMILES string of the molecule is CO/N=C(\C(=O)N[C@H]1C(=O)N(S(=O)(=O)O)[C@H]1CNC(C)=O)c1csc(N)n1. The molecule has 0 radical (unpaired) electrons. The Morgan fingerprint density at radius 3 is 2.67 bits per heavy atom. The zero-order valence-electron chi connectivity index (χ0n) is 14.1. The maximum atomic E-state index is 12.5. The Kier molecular flexibility index (Phi) is 5.97. The van der Waals surface area contributed by atoms with Gasteiger partial charge in [0.25, 0.3) is 11.8 Å². The van der Waals surface area contributed by atoms with E-state index in [0.29, 0.717) is 0 Å². The highest BCUT2D eigenvalue weighted by molar-refractivity contribution is 7.84. The van der Waals surface area contributed by atoms with Crippen LogP contribution in [-0.2, 0) is 29.5 Å². The number of carbonyl (C=O) groups excluding carboxylic acids is 3. The van der Waals surface area contributed by atoms with Crippen molar-refractivity contribution in [2.45, 2.75) is 19.0 Å². The molecule has 0 spiro atoms. The third kappa shape index (κ3) is 4.50. The molecule has 1 saturated heterocycles. The van der Waals surface area contributed by atoms with Crippen LogP contribution in [0.5, 0.6) is 0 Å². The van der Waals surface area contributed by atoms with E-state index in [1.165, 1.54) is 19.4 Å². The van der Waals surface area contributed by atoms with E-state index in [1.807, 2.05) is 0 Å². The van der Waals surface area contributed by atoms with Crippen LogP contribution in [0.15, 0.2) is 10.5 Å². The molecule has 0 unspecified atom stereocenters. The summed E-state index contributed by atoms with van der Waals surface area (Å²) in [5, 5.41) is 9.76. The van der Waals surface area contributed by atoms with E-state index in [2.05, 4.69) is 25.6 Å². The van der Waals surface area contributed by atoms with Crippen LogP contribution < -0.4 is 16.4 Å². The second kappa shape index (κ2) is 7.85. The number of nitrogens with one attached hydrogen (secondary N) is 2. The average Bonchev–Trinajstić information content (AvgIpc) is 2.98. The number of hydrogen-bond donors (Lipinski definition) is 4. The molecule has 2 rings (SSSR count). The molecule has 1 fully saturated rings. The predicted molar refractivity (Wildman–Crippen MR) is 92.9 cm³/mol.